The van der Waals surface area contributed by atoms with Crippen molar-refractivity contribution in [2.75, 3.05) is 11.4 Å². The molecule has 2 aromatic carbocycles. The molecule has 0 radical (unpaired) electrons. The maximum absolute atomic E-state index is 12.7. The molecule has 0 aromatic heterocycles. The zero-order valence-electron chi connectivity index (χ0n) is 15.0. The smallest absolute Gasteiger partial charge is 0.240 e. The number of hydrogen-bond donors (Lipinski definition) is 1. The Kier molecular flexibility index (Phi) is 5.41. The molecule has 7 heteroatoms. The first-order valence-corrected chi connectivity index (χ1v) is 10.8. The highest BCUT2D eigenvalue weighted by atomic mass is 32.2. The van der Waals surface area contributed by atoms with Crippen LogP contribution in [0.25, 0.3) is 0 Å². The van der Waals surface area contributed by atoms with Crippen molar-refractivity contribution < 1.29 is 13.2 Å². The number of rotatable bonds is 4. The van der Waals surface area contributed by atoms with Gasteiger partial charge in [-0.3, -0.25) is 4.79 Å². The number of carbonyl (C=O) groups excluding carboxylic acids is 1. The molecule has 0 fully saturated rings. The summed E-state index contributed by atoms with van der Waals surface area (Å²) in [5, 5.41) is 0.272. The maximum atomic E-state index is 12.7. The fraction of sp³-hybridized carbons (Fsp3) is 0.316. The van der Waals surface area contributed by atoms with Gasteiger partial charge in [0.05, 0.1) is 10.6 Å². The molecule has 138 valence electrons. The van der Waals surface area contributed by atoms with E-state index in [1.807, 2.05) is 31.2 Å². The van der Waals surface area contributed by atoms with Gasteiger partial charge in [0.1, 0.15) is 0 Å². The molecular weight excluding hydrogens is 368 g/mol. The Bertz CT molecular complexity index is 942. The molecule has 0 saturated carbocycles. The quantitative estimate of drug-likeness (QED) is 0.870. The molecule has 3 rings (SSSR count). The predicted molar refractivity (Wildman–Crippen MR) is 105 cm³/mol. The Labute approximate surface area is 158 Å². The van der Waals surface area contributed by atoms with Crippen LogP contribution in [-0.4, -0.2) is 26.1 Å². The lowest BCUT2D eigenvalue weighted by Crippen LogP contribution is -2.37. The van der Waals surface area contributed by atoms with Gasteiger partial charge in [0.25, 0.3) is 0 Å². The van der Waals surface area contributed by atoms with Crippen LogP contribution in [0.3, 0.4) is 0 Å². The second kappa shape index (κ2) is 7.42. The minimum absolute atomic E-state index is 0.0827. The summed E-state index contributed by atoms with van der Waals surface area (Å²) >= 11 is 1.66. The number of thioether (sulfide) groups is 1. The van der Waals surface area contributed by atoms with Crippen molar-refractivity contribution in [3.05, 3.63) is 53.6 Å². The van der Waals surface area contributed by atoms with Crippen LogP contribution in [0.1, 0.15) is 25.0 Å². The molecule has 0 bridgehead atoms. The van der Waals surface area contributed by atoms with Crippen LogP contribution >= 0.6 is 11.8 Å². The van der Waals surface area contributed by atoms with Crippen LogP contribution in [0.2, 0.25) is 0 Å². The fourth-order valence-electron chi connectivity index (χ4n) is 2.97. The first-order chi connectivity index (χ1) is 12.3. The number of fused-ring (bicyclic) bond motifs is 1. The van der Waals surface area contributed by atoms with Gasteiger partial charge in [-0.2, -0.15) is 0 Å². The molecule has 0 aliphatic carbocycles. The van der Waals surface area contributed by atoms with Crippen molar-refractivity contribution in [2.24, 2.45) is 0 Å². The average Bonchev–Trinajstić information content (AvgIpc) is 2.59. The van der Waals surface area contributed by atoms with Crippen LogP contribution in [-0.2, 0) is 21.4 Å². The summed E-state index contributed by atoms with van der Waals surface area (Å²) in [4.78, 5) is 14.7. The highest BCUT2D eigenvalue weighted by Crippen LogP contribution is 2.39. The minimum Gasteiger partial charge on any atom is -0.310 e. The summed E-state index contributed by atoms with van der Waals surface area (Å²) in [5.41, 5.74) is 2.65. The van der Waals surface area contributed by atoms with Gasteiger partial charge in [-0.15, -0.1) is 11.8 Å². The molecule has 2 aromatic rings. The summed E-state index contributed by atoms with van der Waals surface area (Å²) in [5.74, 6) is -0.0827. The Hall–Kier alpha value is -1.83. The summed E-state index contributed by atoms with van der Waals surface area (Å²) in [7, 11) is -3.66. The molecule has 1 N–H and O–H groups in total. The van der Waals surface area contributed by atoms with E-state index in [-0.39, 0.29) is 22.6 Å². The van der Waals surface area contributed by atoms with Gasteiger partial charge in [-0.1, -0.05) is 36.8 Å². The number of nitrogens with zero attached hydrogens (tertiary/aromatic N) is 1. The number of aryl methyl sites for hydroxylation is 1. The molecule has 5 nitrogen and oxygen atoms in total. The van der Waals surface area contributed by atoms with Crippen molar-refractivity contribution in [1.82, 2.24) is 4.72 Å². The molecule has 0 unspecified atom stereocenters. The fourth-order valence-corrected chi connectivity index (χ4v) is 5.10. The van der Waals surface area contributed by atoms with Crippen LogP contribution in [0.15, 0.2) is 52.3 Å². The first-order valence-electron chi connectivity index (χ1n) is 8.40. The van der Waals surface area contributed by atoms with E-state index in [2.05, 4.69) is 11.6 Å². The first kappa shape index (κ1) is 18.9. The number of nitrogens with one attached hydrogen (secondary N) is 1. The van der Waals surface area contributed by atoms with Crippen molar-refractivity contribution >= 4 is 33.4 Å². The molecule has 1 aliphatic heterocycles. The van der Waals surface area contributed by atoms with Crippen molar-refractivity contribution in [1.29, 1.82) is 0 Å². The number of hydrogen-bond acceptors (Lipinski definition) is 4. The van der Waals surface area contributed by atoms with Crippen LogP contribution < -0.4 is 9.62 Å². The van der Waals surface area contributed by atoms with E-state index in [1.165, 1.54) is 6.92 Å². The molecule has 0 spiro atoms. The molecule has 1 aliphatic rings. The number of sulfonamides is 1. The molecule has 1 heterocycles. The molecule has 1 atom stereocenters. The zero-order chi connectivity index (χ0) is 18.9. The van der Waals surface area contributed by atoms with E-state index in [4.69, 9.17) is 0 Å². The van der Waals surface area contributed by atoms with Gasteiger partial charge in [0.15, 0.2) is 0 Å². The third-order valence-electron chi connectivity index (χ3n) is 4.23. The summed E-state index contributed by atoms with van der Waals surface area (Å²) in [6.07, 6.45) is 0. The lowest BCUT2D eigenvalue weighted by atomic mass is 10.1. The van der Waals surface area contributed by atoms with E-state index >= 15 is 0 Å². The Morgan fingerprint density at radius 2 is 2.04 bits per heavy atom. The summed E-state index contributed by atoms with van der Waals surface area (Å²) < 4.78 is 28.0. The monoisotopic (exact) mass is 390 g/mol. The second-order valence-electron chi connectivity index (χ2n) is 6.50. The normalized spacial score (nSPS) is 17.0. The second-order valence-corrected chi connectivity index (χ2v) is 9.75. The highest BCUT2D eigenvalue weighted by Gasteiger charge is 2.27. The van der Waals surface area contributed by atoms with Gasteiger partial charge in [-0.05, 0) is 30.7 Å². The van der Waals surface area contributed by atoms with Crippen molar-refractivity contribution in [2.45, 2.75) is 42.4 Å². The zero-order valence-corrected chi connectivity index (χ0v) is 16.7. The Balaban J connectivity index is 1.86. The van der Waals surface area contributed by atoms with Crippen LogP contribution in [0.4, 0.5) is 5.69 Å². The van der Waals surface area contributed by atoms with Crippen LogP contribution in [0, 0.1) is 6.92 Å². The van der Waals surface area contributed by atoms with Gasteiger partial charge < -0.3 is 4.90 Å². The minimum atomic E-state index is -3.66. The molecule has 1 amide bonds. The van der Waals surface area contributed by atoms with E-state index in [9.17, 15) is 13.2 Å². The van der Waals surface area contributed by atoms with Gasteiger partial charge >= 0.3 is 0 Å². The molecule has 26 heavy (non-hydrogen) atoms. The topological polar surface area (TPSA) is 66.5 Å². The third-order valence-corrected chi connectivity index (χ3v) is 6.78. The maximum Gasteiger partial charge on any atom is 0.240 e. The molecular formula is C19H22N2O3S2. The van der Waals surface area contributed by atoms with E-state index in [1.54, 1.807) is 34.9 Å². The molecule has 0 saturated heterocycles. The van der Waals surface area contributed by atoms with Crippen molar-refractivity contribution in [3.63, 3.8) is 0 Å². The Morgan fingerprint density at radius 3 is 2.73 bits per heavy atom. The summed E-state index contributed by atoms with van der Waals surface area (Å²) in [6.45, 7) is 6.33. The van der Waals surface area contributed by atoms with E-state index in [0.717, 1.165) is 16.0 Å². The predicted octanol–water partition coefficient (Wildman–Crippen LogP) is 3.32. The third kappa shape index (κ3) is 4.11. The summed E-state index contributed by atoms with van der Waals surface area (Å²) in [6, 6.07) is 12.7. The lowest BCUT2D eigenvalue weighted by Gasteiger charge is -2.32. The number of anilines is 1. The lowest BCUT2D eigenvalue weighted by molar-refractivity contribution is -0.116. The van der Waals surface area contributed by atoms with Crippen molar-refractivity contribution in [3.8, 4) is 0 Å². The number of amides is 1. The van der Waals surface area contributed by atoms with Crippen LogP contribution in [0.5, 0.6) is 0 Å². The standard InChI is InChI=1S/C19H22N2O3S2/c1-13-5-4-6-16(9-13)11-20-26(23,24)17-7-8-19-18(10-17)21(15(3)22)12-14(2)25-19/h4-10,14,20H,11-12H2,1-3H3/t14-/m0/s1. The van der Waals surface area contributed by atoms with Gasteiger partial charge in [0, 0.05) is 30.2 Å². The highest BCUT2D eigenvalue weighted by molar-refractivity contribution is 8.00. The largest absolute Gasteiger partial charge is 0.310 e. The SMILES string of the molecule is CC(=O)N1C[C@H](C)Sc2ccc(S(=O)(=O)NCc3cccc(C)c3)cc21. The van der Waals surface area contributed by atoms with Gasteiger partial charge in [-0.25, -0.2) is 13.1 Å². The number of benzene rings is 2. The average molecular weight is 391 g/mol. The van der Waals surface area contributed by atoms with E-state index < -0.39 is 10.0 Å². The number of carbonyl (C=O) groups is 1. The van der Waals surface area contributed by atoms with E-state index in [0.29, 0.717) is 12.2 Å². The Morgan fingerprint density at radius 1 is 1.27 bits per heavy atom. The van der Waals surface area contributed by atoms with Gasteiger partial charge in [0.2, 0.25) is 15.9 Å².